The van der Waals surface area contributed by atoms with Crippen LogP contribution < -0.4 is 0 Å². The lowest BCUT2D eigenvalue weighted by molar-refractivity contribution is -0.167. The van der Waals surface area contributed by atoms with Crippen molar-refractivity contribution in [3.8, 4) is 0 Å². The molecule has 1 rings (SSSR count). The van der Waals surface area contributed by atoms with Gasteiger partial charge in [-0.3, -0.25) is 14.4 Å². The largest absolute Gasteiger partial charge is 0.464 e. The average Bonchev–Trinajstić information content (AvgIpc) is 2.55. The summed E-state index contributed by atoms with van der Waals surface area (Å²) in [6, 6.07) is 0. The summed E-state index contributed by atoms with van der Waals surface area (Å²) in [5, 5.41) is 0. The summed E-state index contributed by atoms with van der Waals surface area (Å²) in [5.74, 6) is -1.26. The standard InChI is InChI=1S/C19H30O5/c1-3-14-23-18(22)19(15-24-16(2)20)13-11-9-7-5-4-6-8-10-12-17(19)21/h3H,1,4-15H2,2H3. The number of Topliss-reactive ketones (excluding diaryl/α,β-unsaturated/α-hetero) is 1. The van der Waals surface area contributed by atoms with E-state index >= 15 is 0 Å². The van der Waals surface area contributed by atoms with Crippen molar-refractivity contribution < 1.29 is 23.9 Å². The van der Waals surface area contributed by atoms with Gasteiger partial charge in [0.1, 0.15) is 13.2 Å². The summed E-state index contributed by atoms with van der Waals surface area (Å²) in [5.41, 5.74) is -1.37. The molecule has 5 nitrogen and oxygen atoms in total. The van der Waals surface area contributed by atoms with Gasteiger partial charge >= 0.3 is 11.9 Å². The minimum Gasteiger partial charge on any atom is -0.464 e. The van der Waals surface area contributed by atoms with Gasteiger partial charge in [-0.2, -0.15) is 0 Å². The van der Waals surface area contributed by atoms with E-state index in [0.29, 0.717) is 12.8 Å². The number of hydrogen-bond donors (Lipinski definition) is 0. The molecule has 0 bridgehead atoms. The van der Waals surface area contributed by atoms with Gasteiger partial charge in [0.15, 0.2) is 11.2 Å². The van der Waals surface area contributed by atoms with Gasteiger partial charge in [-0.1, -0.05) is 57.6 Å². The van der Waals surface area contributed by atoms with Crippen LogP contribution in [-0.4, -0.2) is 30.9 Å². The Morgan fingerprint density at radius 3 is 2.21 bits per heavy atom. The Bertz CT molecular complexity index is 443. The van der Waals surface area contributed by atoms with E-state index in [4.69, 9.17) is 9.47 Å². The second-order valence-corrected chi connectivity index (χ2v) is 6.50. The average molecular weight is 338 g/mol. The van der Waals surface area contributed by atoms with E-state index in [1.54, 1.807) is 0 Å². The maximum atomic E-state index is 12.9. The van der Waals surface area contributed by atoms with Crippen LogP contribution in [0.4, 0.5) is 0 Å². The van der Waals surface area contributed by atoms with Crippen molar-refractivity contribution in [2.24, 2.45) is 5.41 Å². The quantitative estimate of drug-likeness (QED) is 0.434. The molecule has 1 saturated carbocycles. The highest BCUT2D eigenvalue weighted by atomic mass is 16.6. The molecule has 136 valence electrons. The summed E-state index contributed by atoms with van der Waals surface area (Å²) >= 11 is 0. The van der Waals surface area contributed by atoms with Crippen molar-refractivity contribution in [1.29, 1.82) is 0 Å². The molecule has 0 aromatic carbocycles. The third-order valence-corrected chi connectivity index (χ3v) is 4.54. The Balaban J connectivity index is 2.97. The summed E-state index contributed by atoms with van der Waals surface area (Å²) in [7, 11) is 0. The van der Waals surface area contributed by atoms with Crippen LogP contribution in [0.1, 0.15) is 71.1 Å². The van der Waals surface area contributed by atoms with Gasteiger partial charge in [0.2, 0.25) is 0 Å². The summed E-state index contributed by atoms with van der Waals surface area (Å²) < 4.78 is 10.3. The molecule has 1 fully saturated rings. The van der Waals surface area contributed by atoms with Gasteiger partial charge in [-0.15, -0.1) is 0 Å². The van der Waals surface area contributed by atoms with E-state index in [0.717, 1.165) is 38.5 Å². The fourth-order valence-electron chi connectivity index (χ4n) is 3.08. The van der Waals surface area contributed by atoms with Crippen molar-refractivity contribution in [2.75, 3.05) is 13.2 Å². The third-order valence-electron chi connectivity index (χ3n) is 4.54. The Kier molecular flexibility index (Phi) is 9.35. The van der Waals surface area contributed by atoms with E-state index in [1.807, 2.05) is 0 Å². The number of ether oxygens (including phenoxy) is 2. The van der Waals surface area contributed by atoms with Crippen LogP contribution in [0.2, 0.25) is 0 Å². The second kappa shape index (κ2) is 11.0. The predicted octanol–water partition coefficient (Wildman–Crippen LogP) is 3.75. The highest BCUT2D eigenvalue weighted by Gasteiger charge is 2.47. The highest BCUT2D eigenvalue weighted by Crippen LogP contribution is 2.32. The van der Waals surface area contributed by atoms with Gasteiger partial charge in [0, 0.05) is 13.3 Å². The summed E-state index contributed by atoms with van der Waals surface area (Å²) in [6.45, 7) is 4.63. The molecule has 5 heteroatoms. The van der Waals surface area contributed by atoms with Crippen molar-refractivity contribution in [1.82, 2.24) is 0 Å². The van der Waals surface area contributed by atoms with E-state index in [1.165, 1.54) is 25.8 Å². The van der Waals surface area contributed by atoms with Crippen molar-refractivity contribution in [3.63, 3.8) is 0 Å². The first-order valence-corrected chi connectivity index (χ1v) is 8.98. The number of rotatable bonds is 5. The fraction of sp³-hybridized carbons (Fsp3) is 0.737. The Hall–Kier alpha value is -1.65. The molecule has 24 heavy (non-hydrogen) atoms. The molecular formula is C19H30O5. The third kappa shape index (κ3) is 6.46. The monoisotopic (exact) mass is 338 g/mol. The van der Waals surface area contributed by atoms with Gasteiger partial charge in [0.05, 0.1) is 0 Å². The van der Waals surface area contributed by atoms with E-state index in [9.17, 15) is 14.4 Å². The lowest BCUT2D eigenvalue weighted by Gasteiger charge is -2.30. The Morgan fingerprint density at radius 2 is 1.62 bits per heavy atom. The number of carbonyl (C=O) groups excluding carboxylic acids is 3. The zero-order valence-corrected chi connectivity index (χ0v) is 14.8. The minimum atomic E-state index is -1.37. The van der Waals surface area contributed by atoms with Crippen LogP contribution in [-0.2, 0) is 23.9 Å². The number of carbonyl (C=O) groups is 3. The normalized spacial score (nSPS) is 23.5. The van der Waals surface area contributed by atoms with E-state index in [2.05, 4.69) is 6.58 Å². The van der Waals surface area contributed by atoms with Crippen LogP contribution in [0, 0.1) is 5.41 Å². The predicted molar refractivity (Wildman–Crippen MR) is 91.4 cm³/mol. The highest BCUT2D eigenvalue weighted by molar-refractivity contribution is 6.04. The van der Waals surface area contributed by atoms with Crippen LogP contribution in [0.15, 0.2) is 12.7 Å². The number of ketones is 1. The van der Waals surface area contributed by atoms with Gasteiger partial charge in [-0.25, -0.2) is 0 Å². The molecule has 0 aromatic heterocycles. The van der Waals surface area contributed by atoms with Crippen LogP contribution in [0.5, 0.6) is 0 Å². The van der Waals surface area contributed by atoms with Crippen LogP contribution in [0.3, 0.4) is 0 Å². The molecular weight excluding hydrogens is 308 g/mol. The van der Waals surface area contributed by atoms with E-state index < -0.39 is 17.4 Å². The molecule has 0 spiro atoms. The minimum absolute atomic E-state index is 0.0495. The van der Waals surface area contributed by atoms with Crippen LogP contribution in [0.25, 0.3) is 0 Å². The van der Waals surface area contributed by atoms with Crippen molar-refractivity contribution in [3.05, 3.63) is 12.7 Å². The lowest BCUT2D eigenvalue weighted by atomic mass is 9.77. The number of hydrogen-bond acceptors (Lipinski definition) is 5. The SMILES string of the molecule is C=CCOC(=O)C1(COC(C)=O)CCCCCCCCCCC1=O. The van der Waals surface area contributed by atoms with E-state index in [-0.39, 0.29) is 19.0 Å². The second-order valence-electron chi connectivity index (χ2n) is 6.50. The zero-order chi connectivity index (χ0) is 17.8. The molecule has 0 N–H and O–H groups in total. The molecule has 0 aliphatic heterocycles. The maximum absolute atomic E-state index is 12.9. The van der Waals surface area contributed by atoms with Gasteiger partial charge < -0.3 is 9.47 Å². The molecule has 0 radical (unpaired) electrons. The molecule has 0 heterocycles. The van der Waals surface area contributed by atoms with Gasteiger partial charge in [-0.05, 0) is 12.8 Å². The lowest BCUT2D eigenvalue weighted by Crippen LogP contribution is -2.45. The smallest absolute Gasteiger partial charge is 0.323 e. The molecule has 1 unspecified atom stereocenters. The molecule has 1 aliphatic carbocycles. The van der Waals surface area contributed by atoms with Gasteiger partial charge in [0.25, 0.3) is 0 Å². The molecule has 0 amide bonds. The fourth-order valence-corrected chi connectivity index (χ4v) is 3.08. The molecule has 1 atom stereocenters. The van der Waals surface area contributed by atoms with Crippen molar-refractivity contribution in [2.45, 2.75) is 71.1 Å². The topological polar surface area (TPSA) is 69.7 Å². The Morgan fingerprint density at radius 1 is 1.04 bits per heavy atom. The summed E-state index contributed by atoms with van der Waals surface area (Å²) in [6.07, 6.45) is 10.2. The van der Waals surface area contributed by atoms with Crippen LogP contribution >= 0.6 is 0 Å². The maximum Gasteiger partial charge on any atom is 0.323 e. The van der Waals surface area contributed by atoms with Crippen molar-refractivity contribution >= 4 is 17.7 Å². The first-order chi connectivity index (χ1) is 11.5. The summed E-state index contributed by atoms with van der Waals surface area (Å²) in [4.78, 5) is 36.7. The Labute approximate surface area is 144 Å². The molecule has 1 aliphatic rings. The first-order valence-electron chi connectivity index (χ1n) is 8.98. The molecule has 0 aromatic rings. The molecule has 0 saturated heterocycles. The zero-order valence-electron chi connectivity index (χ0n) is 14.8. The number of esters is 2. The first kappa shape index (κ1) is 20.4.